The minimum Gasteiger partial charge on any atom is -0.478 e. The molecule has 2 rings (SSSR count). The number of hydrogen-bond acceptors (Lipinski definition) is 3. The van der Waals surface area contributed by atoms with Crippen LogP contribution in [0.5, 0.6) is 5.88 Å². The van der Waals surface area contributed by atoms with E-state index in [0.29, 0.717) is 18.1 Å². The zero-order chi connectivity index (χ0) is 10.9. The monoisotopic (exact) mass is 211 g/mol. The normalized spacial score (nSPS) is 29.7. The van der Waals surface area contributed by atoms with Gasteiger partial charge in [0, 0.05) is 25.1 Å². The first kappa shape index (κ1) is 10.4. The van der Waals surface area contributed by atoms with Crippen molar-refractivity contribution < 1.29 is 14.2 Å². The van der Waals surface area contributed by atoms with E-state index in [4.69, 9.17) is 4.74 Å². The topological polar surface area (TPSA) is 42.4 Å². The zero-order valence-electron chi connectivity index (χ0n) is 8.61. The van der Waals surface area contributed by atoms with Crippen molar-refractivity contribution in [1.29, 1.82) is 0 Å². The fraction of sp³-hybridized carbons (Fsp3) is 0.545. The Morgan fingerprint density at radius 2 is 2.40 bits per heavy atom. The summed E-state index contributed by atoms with van der Waals surface area (Å²) < 4.78 is 18.0. The lowest BCUT2D eigenvalue weighted by atomic mass is 9.74. The molecule has 0 amide bonds. The Morgan fingerprint density at radius 1 is 1.67 bits per heavy atom. The van der Waals surface area contributed by atoms with Gasteiger partial charge in [0.25, 0.3) is 0 Å². The van der Waals surface area contributed by atoms with Crippen molar-refractivity contribution >= 4 is 0 Å². The van der Waals surface area contributed by atoms with Crippen molar-refractivity contribution in [3.63, 3.8) is 0 Å². The van der Waals surface area contributed by atoms with E-state index < -0.39 is 11.8 Å². The smallest absolute Gasteiger partial charge is 0.213 e. The van der Waals surface area contributed by atoms with E-state index in [0.717, 1.165) is 0 Å². The van der Waals surface area contributed by atoms with Gasteiger partial charge in [0.15, 0.2) is 0 Å². The molecular formula is C11H14FNO2. The predicted molar refractivity (Wildman–Crippen MR) is 53.4 cm³/mol. The molecule has 0 spiro atoms. The van der Waals surface area contributed by atoms with Crippen LogP contribution in [0.2, 0.25) is 0 Å². The van der Waals surface area contributed by atoms with Crippen molar-refractivity contribution in [1.82, 2.24) is 4.98 Å². The van der Waals surface area contributed by atoms with Gasteiger partial charge in [0.2, 0.25) is 5.88 Å². The fourth-order valence-electron chi connectivity index (χ4n) is 1.83. The zero-order valence-corrected chi connectivity index (χ0v) is 8.61. The van der Waals surface area contributed by atoms with Crippen LogP contribution in [0.15, 0.2) is 18.3 Å². The molecule has 82 valence electrons. The summed E-state index contributed by atoms with van der Waals surface area (Å²) >= 11 is 0. The van der Waals surface area contributed by atoms with E-state index in [1.807, 2.05) is 6.92 Å². The van der Waals surface area contributed by atoms with E-state index >= 15 is 0 Å². The van der Waals surface area contributed by atoms with Gasteiger partial charge in [0.1, 0.15) is 6.17 Å². The second-order valence-electron chi connectivity index (χ2n) is 3.85. The Morgan fingerprint density at radius 3 is 3.00 bits per heavy atom. The first-order chi connectivity index (χ1) is 7.14. The summed E-state index contributed by atoms with van der Waals surface area (Å²) in [4.78, 5) is 3.99. The van der Waals surface area contributed by atoms with Crippen molar-refractivity contribution in [2.45, 2.75) is 31.5 Å². The Labute approximate surface area is 87.9 Å². The molecule has 3 nitrogen and oxygen atoms in total. The molecule has 0 aliphatic heterocycles. The van der Waals surface area contributed by atoms with Gasteiger partial charge in [-0.25, -0.2) is 9.37 Å². The van der Waals surface area contributed by atoms with Gasteiger partial charge in [-0.15, -0.1) is 0 Å². The van der Waals surface area contributed by atoms with E-state index in [-0.39, 0.29) is 12.8 Å². The highest BCUT2D eigenvalue weighted by Crippen LogP contribution is 2.43. The molecule has 0 unspecified atom stereocenters. The summed E-state index contributed by atoms with van der Waals surface area (Å²) in [6.45, 7) is 2.39. The molecule has 0 aromatic carbocycles. The summed E-state index contributed by atoms with van der Waals surface area (Å²) in [5.74, 6) is 0.478. The Bertz CT molecular complexity index is 350. The highest BCUT2D eigenvalue weighted by atomic mass is 19.1. The number of alkyl halides is 1. The molecule has 1 aromatic heterocycles. The number of aliphatic hydroxyl groups is 1. The number of aromatic nitrogens is 1. The van der Waals surface area contributed by atoms with Crippen LogP contribution in [0.3, 0.4) is 0 Å². The van der Waals surface area contributed by atoms with Crippen LogP contribution in [0.4, 0.5) is 4.39 Å². The second kappa shape index (κ2) is 3.77. The molecule has 1 aromatic rings. The Hall–Kier alpha value is -1.16. The number of pyridine rings is 1. The van der Waals surface area contributed by atoms with Crippen molar-refractivity contribution in [2.24, 2.45) is 0 Å². The number of nitrogens with zero attached hydrogens (tertiary/aromatic N) is 1. The minimum atomic E-state index is -1.02. The summed E-state index contributed by atoms with van der Waals surface area (Å²) in [5, 5.41) is 10.0. The molecule has 1 heterocycles. The van der Waals surface area contributed by atoms with Gasteiger partial charge in [-0.3, -0.25) is 0 Å². The summed E-state index contributed by atoms with van der Waals surface area (Å²) in [5.41, 5.74) is -0.330. The molecule has 1 N–H and O–H groups in total. The predicted octanol–water partition coefficient (Wildman–Crippen LogP) is 1.80. The van der Waals surface area contributed by atoms with Gasteiger partial charge in [0.05, 0.1) is 12.2 Å². The number of hydrogen-bond donors (Lipinski definition) is 1. The molecule has 15 heavy (non-hydrogen) atoms. The maximum Gasteiger partial charge on any atom is 0.213 e. The van der Waals surface area contributed by atoms with E-state index in [2.05, 4.69) is 4.98 Å². The van der Waals surface area contributed by atoms with Crippen molar-refractivity contribution in [2.75, 3.05) is 6.61 Å². The maximum absolute atomic E-state index is 12.7. The number of ether oxygens (including phenoxy) is 1. The average molecular weight is 211 g/mol. The van der Waals surface area contributed by atoms with E-state index in [9.17, 15) is 9.50 Å². The van der Waals surface area contributed by atoms with Gasteiger partial charge in [-0.1, -0.05) is 0 Å². The maximum atomic E-state index is 12.7. The highest BCUT2D eigenvalue weighted by Gasteiger charge is 2.44. The Balaban J connectivity index is 2.18. The number of halogens is 1. The first-order valence-electron chi connectivity index (χ1n) is 5.10. The lowest BCUT2D eigenvalue weighted by molar-refractivity contribution is -0.0895. The van der Waals surface area contributed by atoms with Crippen LogP contribution in [0, 0.1) is 0 Å². The van der Waals surface area contributed by atoms with Crippen LogP contribution in [0.1, 0.15) is 25.3 Å². The third-order valence-corrected chi connectivity index (χ3v) is 2.68. The highest BCUT2D eigenvalue weighted by molar-refractivity contribution is 5.28. The lowest BCUT2D eigenvalue weighted by Gasteiger charge is -2.39. The van der Waals surface area contributed by atoms with Crippen molar-refractivity contribution in [3.8, 4) is 5.88 Å². The van der Waals surface area contributed by atoms with Gasteiger partial charge in [-0.05, 0) is 18.6 Å². The molecule has 0 saturated heterocycles. The first-order valence-corrected chi connectivity index (χ1v) is 5.10. The summed E-state index contributed by atoms with van der Waals surface area (Å²) in [6.07, 6.45) is 1.02. The van der Waals surface area contributed by atoms with E-state index in [1.54, 1.807) is 18.3 Å². The van der Waals surface area contributed by atoms with Crippen LogP contribution in [0.25, 0.3) is 0 Å². The molecule has 1 aliphatic rings. The SMILES string of the molecule is CCOc1cc(C2(O)CC(F)C2)ccn1. The lowest BCUT2D eigenvalue weighted by Crippen LogP contribution is -2.42. The molecule has 1 fully saturated rings. The van der Waals surface area contributed by atoms with Crippen LogP contribution >= 0.6 is 0 Å². The Kier molecular flexibility index (Phi) is 2.61. The largest absolute Gasteiger partial charge is 0.478 e. The molecule has 0 bridgehead atoms. The summed E-state index contributed by atoms with van der Waals surface area (Å²) in [6, 6.07) is 3.38. The molecule has 1 saturated carbocycles. The number of rotatable bonds is 3. The third kappa shape index (κ3) is 1.95. The van der Waals surface area contributed by atoms with Crippen molar-refractivity contribution in [3.05, 3.63) is 23.9 Å². The van der Waals surface area contributed by atoms with Crippen LogP contribution in [-0.2, 0) is 5.60 Å². The van der Waals surface area contributed by atoms with Crippen LogP contribution in [-0.4, -0.2) is 22.9 Å². The standard InChI is InChI=1S/C11H14FNO2/c1-2-15-10-5-8(3-4-13-10)11(14)6-9(12)7-11/h3-5,9,14H,2,6-7H2,1H3. The quantitative estimate of drug-likeness (QED) is 0.829. The van der Waals surface area contributed by atoms with Gasteiger partial charge in [-0.2, -0.15) is 0 Å². The average Bonchev–Trinajstić information content (AvgIpc) is 2.17. The molecular weight excluding hydrogens is 197 g/mol. The molecule has 4 heteroatoms. The fourth-order valence-corrected chi connectivity index (χ4v) is 1.83. The van der Waals surface area contributed by atoms with E-state index in [1.165, 1.54) is 0 Å². The van der Waals surface area contributed by atoms with Gasteiger partial charge >= 0.3 is 0 Å². The second-order valence-corrected chi connectivity index (χ2v) is 3.85. The summed E-state index contributed by atoms with van der Waals surface area (Å²) in [7, 11) is 0. The molecule has 0 radical (unpaired) electrons. The molecule has 0 atom stereocenters. The van der Waals surface area contributed by atoms with Crippen LogP contribution < -0.4 is 4.74 Å². The molecule has 1 aliphatic carbocycles. The third-order valence-electron chi connectivity index (χ3n) is 2.68. The minimum absolute atomic E-state index is 0.169. The van der Waals surface area contributed by atoms with Gasteiger partial charge < -0.3 is 9.84 Å².